The van der Waals surface area contributed by atoms with Crippen molar-refractivity contribution in [3.05, 3.63) is 59.9 Å². The molecule has 1 unspecified atom stereocenters. The number of ether oxygens (including phenoxy) is 2. The number of hydrogen-bond acceptors (Lipinski definition) is 5. The molecular formula is C24H28N4O4. The van der Waals surface area contributed by atoms with Crippen LogP contribution in [0.4, 0.5) is 0 Å². The van der Waals surface area contributed by atoms with Crippen LogP contribution in [0.15, 0.2) is 48.5 Å². The fraction of sp³-hybridized carbons (Fsp3) is 0.375. The molecule has 1 atom stereocenters. The zero-order valence-electron chi connectivity index (χ0n) is 18.2. The zero-order chi connectivity index (χ0) is 22.3. The Balaban J connectivity index is 1.38. The molecule has 1 aliphatic rings. The average Bonchev–Trinajstić information content (AvgIpc) is 3.47. The maximum atomic E-state index is 12.7. The Hall–Kier alpha value is -3.39. The Kier molecular flexibility index (Phi) is 7.01. The van der Waals surface area contributed by atoms with Crippen LogP contribution in [0.3, 0.4) is 0 Å². The van der Waals surface area contributed by atoms with E-state index in [9.17, 15) is 9.59 Å². The fourth-order valence-corrected chi connectivity index (χ4v) is 3.83. The van der Waals surface area contributed by atoms with Crippen molar-refractivity contribution < 1.29 is 19.1 Å². The molecule has 1 fully saturated rings. The number of hydrogen-bond donors (Lipinski definition) is 2. The summed E-state index contributed by atoms with van der Waals surface area (Å²) in [6, 6.07) is 15.3. The first kappa shape index (κ1) is 21.8. The molecular weight excluding hydrogens is 408 g/mol. The van der Waals surface area contributed by atoms with Crippen LogP contribution >= 0.6 is 0 Å². The Labute approximate surface area is 186 Å². The summed E-state index contributed by atoms with van der Waals surface area (Å²) in [4.78, 5) is 29.6. The molecule has 2 N–H and O–H groups in total. The molecule has 168 valence electrons. The fourth-order valence-electron chi connectivity index (χ4n) is 3.83. The quantitative estimate of drug-likeness (QED) is 0.536. The molecule has 2 heterocycles. The monoisotopic (exact) mass is 436 g/mol. The first-order valence-electron chi connectivity index (χ1n) is 10.9. The van der Waals surface area contributed by atoms with Gasteiger partial charge in [-0.05, 0) is 42.7 Å². The zero-order valence-corrected chi connectivity index (χ0v) is 18.2. The van der Waals surface area contributed by atoms with E-state index in [0.29, 0.717) is 26.1 Å². The molecule has 0 radical (unpaired) electrons. The molecule has 3 aromatic rings. The minimum Gasteiger partial charge on any atom is -0.497 e. The third-order valence-corrected chi connectivity index (χ3v) is 5.55. The first-order valence-corrected chi connectivity index (χ1v) is 10.9. The summed E-state index contributed by atoms with van der Waals surface area (Å²) < 4.78 is 12.5. The van der Waals surface area contributed by atoms with E-state index < -0.39 is 0 Å². The Morgan fingerprint density at radius 1 is 1.16 bits per heavy atom. The molecule has 1 aliphatic heterocycles. The number of rotatable bonds is 9. The van der Waals surface area contributed by atoms with Gasteiger partial charge >= 0.3 is 0 Å². The Morgan fingerprint density at radius 3 is 2.72 bits per heavy atom. The predicted molar refractivity (Wildman–Crippen MR) is 120 cm³/mol. The highest BCUT2D eigenvalue weighted by Crippen LogP contribution is 2.17. The van der Waals surface area contributed by atoms with Gasteiger partial charge in [-0.1, -0.05) is 24.3 Å². The highest BCUT2D eigenvalue weighted by Gasteiger charge is 2.23. The average molecular weight is 437 g/mol. The van der Waals surface area contributed by atoms with Crippen molar-refractivity contribution in [3.8, 4) is 5.75 Å². The molecule has 0 aliphatic carbocycles. The molecule has 4 rings (SSSR count). The molecule has 1 aromatic heterocycles. The Bertz CT molecular complexity index is 1070. The largest absolute Gasteiger partial charge is 0.497 e. The summed E-state index contributed by atoms with van der Waals surface area (Å²) in [7, 11) is 1.62. The number of carbonyl (C=O) groups excluding carboxylic acids is 2. The van der Waals surface area contributed by atoms with Gasteiger partial charge in [0.2, 0.25) is 11.8 Å². The van der Waals surface area contributed by atoms with Gasteiger partial charge in [-0.25, -0.2) is 4.98 Å². The van der Waals surface area contributed by atoms with E-state index in [2.05, 4.69) is 15.6 Å². The van der Waals surface area contributed by atoms with Crippen molar-refractivity contribution in [1.82, 2.24) is 20.2 Å². The predicted octanol–water partition coefficient (Wildman–Crippen LogP) is 2.20. The van der Waals surface area contributed by atoms with E-state index in [0.717, 1.165) is 41.0 Å². The second kappa shape index (κ2) is 10.3. The Morgan fingerprint density at radius 2 is 1.97 bits per heavy atom. The number of nitrogens with one attached hydrogen (secondary N) is 2. The van der Waals surface area contributed by atoms with Gasteiger partial charge in [0.15, 0.2) is 0 Å². The summed E-state index contributed by atoms with van der Waals surface area (Å²) in [5.41, 5.74) is 2.72. The van der Waals surface area contributed by atoms with Crippen LogP contribution in [0.1, 0.15) is 24.2 Å². The van der Waals surface area contributed by atoms with E-state index in [1.807, 2.05) is 53.1 Å². The third-order valence-electron chi connectivity index (χ3n) is 5.55. The van der Waals surface area contributed by atoms with E-state index in [1.165, 1.54) is 0 Å². The highest BCUT2D eigenvalue weighted by atomic mass is 16.5. The summed E-state index contributed by atoms with van der Waals surface area (Å²) in [5.74, 6) is 1.36. The van der Waals surface area contributed by atoms with Crippen LogP contribution in [0.25, 0.3) is 11.0 Å². The maximum absolute atomic E-state index is 12.7. The smallest absolute Gasteiger partial charge is 0.249 e. The lowest BCUT2D eigenvalue weighted by Crippen LogP contribution is -2.35. The number of benzene rings is 2. The van der Waals surface area contributed by atoms with E-state index in [1.54, 1.807) is 7.11 Å². The van der Waals surface area contributed by atoms with Gasteiger partial charge in [0, 0.05) is 26.1 Å². The molecule has 2 amide bonds. The maximum Gasteiger partial charge on any atom is 0.249 e. The molecule has 32 heavy (non-hydrogen) atoms. The van der Waals surface area contributed by atoms with Gasteiger partial charge in [-0.3, -0.25) is 9.59 Å². The number of carbonyl (C=O) groups is 2. The third kappa shape index (κ3) is 5.26. The lowest BCUT2D eigenvalue weighted by Gasteiger charge is -2.12. The molecule has 8 nitrogen and oxygen atoms in total. The SMILES string of the molecule is COc1ccc(CNC(=O)Cn2c(CCNC(=O)C3CCCO3)nc3ccccc32)cc1. The van der Waals surface area contributed by atoms with Crippen LogP contribution in [0.5, 0.6) is 5.75 Å². The molecule has 0 saturated carbocycles. The van der Waals surface area contributed by atoms with Crippen LogP contribution in [0, 0.1) is 0 Å². The molecule has 0 spiro atoms. The van der Waals surface area contributed by atoms with E-state index in [-0.39, 0.29) is 24.5 Å². The lowest BCUT2D eigenvalue weighted by atomic mass is 10.2. The van der Waals surface area contributed by atoms with Gasteiger partial charge in [0.1, 0.15) is 24.2 Å². The normalized spacial score (nSPS) is 15.6. The number of methoxy groups -OCH3 is 1. The lowest BCUT2D eigenvalue weighted by molar-refractivity contribution is -0.130. The first-order chi connectivity index (χ1) is 15.6. The molecule has 0 bridgehead atoms. The van der Waals surface area contributed by atoms with Gasteiger partial charge in [-0.15, -0.1) is 0 Å². The van der Waals surface area contributed by atoms with Crippen LogP contribution in [-0.2, 0) is 33.8 Å². The second-order valence-electron chi connectivity index (χ2n) is 7.77. The van der Waals surface area contributed by atoms with Crippen LogP contribution in [-0.4, -0.2) is 47.7 Å². The minimum absolute atomic E-state index is 0.0811. The van der Waals surface area contributed by atoms with Crippen molar-refractivity contribution in [1.29, 1.82) is 0 Å². The van der Waals surface area contributed by atoms with Gasteiger partial charge in [-0.2, -0.15) is 0 Å². The number of imidazole rings is 1. The summed E-state index contributed by atoms with van der Waals surface area (Å²) in [6.07, 6.45) is 1.86. The topological polar surface area (TPSA) is 94.5 Å². The van der Waals surface area contributed by atoms with E-state index in [4.69, 9.17) is 9.47 Å². The van der Waals surface area contributed by atoms with Crippen molar-refractivity contribution in [2.75, 3.05) is 20.3 Å². The number of para-hydroxylation sites is 2. The van der Waals surface area contributed by atoms with Gasteiger partial charge < -0.3 is 24.7 Å². The van der Waals surface area contributed by atoms with Crippen molar-refractivity contribution in [3.63, 3.8) is 0 Å². The molecule has 8 heteroatoms. The summed E-state index contributed by atoms with van der Waals surface area (Å²) >= 11 is 0. The number of nitrogens with zero attached hydrogens (tertiary/aromatic N) is 2. The van der Waals surface area contributed by atoms with Crippen molar-refractivity contribution >= 4 is 22.8 Å². The van der Waals surface area contributed by atoms with Gasteiger partial charge in [0.05, 0.1) is 18.1 Å². The second-order valence-corrected chi connectivity index (χ2v) is 7.77. The molecule has 1 saturated heterocycles. The van der Waals surface area contributed by atoms with Crippen LogP contribution in [0.2, 0.25) is 0 Å². The van der Waals surface area contributed by atoms with Gasteiger partial charge in [0.25, 0.3) is 0 Å². The molecule has 2 aromatic carbocycles. The summed E-state index contributed by atoms with van der Waals surface area (Å²) in [5, 5.41) is 5.89. The number of aromatic nitrogens is 2. The summed E-state index contributed by atoms with van der Waals surface area (Å²) in [6.45, 7) is 1.67. The van der Waals surface area contributed by atoms with Crippen LogP contribution < -0.4 is 15.4 Å². The van der Waals surface area contributed by atoms with E-state index >= 15 is 0 Å². The highest BCUT2D eigenvalue weighted by molar-refractivity contribution is 5.82. The standard InChI is InChI=1S/C24H28N4O4/c1-31-18-10-8-17(9-11-18)15-26-23(29)16-28-20-6-3-2-5-19(20)27-22(28)12-13-25-24(30)21-7-4-14-32-21/h2-3,5-6,8-11,21H,4,7,12-16H2,1H3,(H,25,30)(H,26,29). The number of amides is 2. The van der Waals surface area contributed by atoms with Crippen molar-refractivity contribution in [2.24, 2.45) is 0 Å². The number of fused-ring (bicyclic) bond motifs is 1. The minimum atomic E-state index is -0.349. The van der Waals surface area contributed by atoms with Crippen molar-refractivity contribution in [2.45, 2.75) is 38.5 Å².